The van der Waals surface area contributed by atoms with E-state index in [2.05, 4.69) is 15.9 Å². The first-order valence-corrected chi connectivity index (χ1v) is 6.57. The molecule has 0 aliphatic carbocycles. The zero-order valence-corrected chi connectivity index (χ0v) is 12.0. The number of benzene rings is 2. The number of carboxylic acid groups (broad SMARTS) is 1. The maximum absolute atomic E-state index is 10.9. The number of aryl methyl sites for hydroxylation is 1. The van der Waals surface area contributed by atoms with Crippen molar-refractivity contribution in [1.82, 2.24) is 0 Å². The highest BCUT2D eigenvalue weighted by Crippen LogP contribution is 2.21. The van der Waals surface area contributed by atoms with E-state index in [1.165, 1.54) is 0 Å². The summed E-state index contributed by atoms with van der Waals surface area (Å²) in [4.78, 5) is 10.9. The van der Waals surface area contributed by atoms with E-state index in [0.29, 0.717) is 23.5 Å². The third-order valence-corrected chi connectivity index (χ3v) is 3.55. The van der Waals surface area contributed by atoms with Crippen LogP contribution in [0.4, 0.5) is 0 Å². The van der Waals surface area contributed by atoms with Crippen LogP contribution in [0.1, 0.15) is 21.5 Å². The Morgan fingerprint density at radius 2 is 2.00 bits per heavy atom. The fraction of sp³-hybridized carbons (Fsp3) is 0.133. The summed E-state index contributed by atoms with van der Waals surface area (Å²) in [6, 6.07) is 12.8. The van der Waals surface area contributed by atoms with Crippen molar-refractivity contribution in [3.05, 3.63) is 63.6 Å². The third-order valence-electron chi connectivity index (χ3n) is 2.78. The Morgan fingerprint density at radius 1 is 1.26 bits per heavy atom. The Hall–Kier alpha value is -1.81. The van der Waals surface area contributed by atoms with Crippen molar-refractivity contribution in [3.63, 3.8) is 0 Å². The zero-order chi connectivity index (χ0) is 13.8. The van der Waals surface area contributed by atoms with Crippen LogP contribution in [0.25, 0.3) is 0 Å². The first kappa shape index (κ1) is 13.6. The maximum atomic E-state index is 10.9. The lowest BCUT2D eigenvalue weighted by molar-refractivity contribution is 0.0696. The Bertz CT molecular complexity index is 608. The van der Waals surface area contributed by atoms with E-state index in [4.69, 9.17) is 9.84 Å². The SMILES string of the molecule is Cc1cc(OCc2ccccc2Br)ccc1C(=O)O. The van der Waals surface area contributed by atoms with Crippen LogP contribution in [0, 0.1) is 6.92 Å². The molecule has 2 aromatic rings. The number of halogens is 1. The van der Waals surface area contributed by atoms with Crippen LogP contribution in [-0.2, 0) is 6.61 Å². The molecule has 0 heterocycles. The maximum Gasteiger partial charge on any atom is 0.335 e. The van der Waals surface area contributed by atoms with Gasteiger partial charge in [-0.25, -0.2) is 4.79 Å². The van der Waals surface area contributed by atoms with Gasteiger partial charge >= 0.3 is 5.97 Å². The van der Waals surface area contributed by atoms with Crippen molar-refractivity contribution in [2.75, 3.05) is 0 Å². The molecule has 0 fully saturated rings. The minimum Gasteiger partial charge on any atom is -0.489 e. The predicted octanol–water partition coefficient (Wildman–Crippen LogP) is 4.03. The number of carbonyl (C=O) groups is 1. The van der Waals surface area contributed by atoms with Gasteiger partial charge in [-0.1, -0.05) is 34.1 Å². The molecule has 1 N–H and O–H groups in total. The fourth-order valence-electron chi connectivity index (χ4n) is 1.74. The number of carboxylic acids is 1. The summed E-state index contributed by atoms with van der Waals surface area (Å²) in [5.41, 5.74) is 2.04. The lowest BCUT2D eigenvalue weighted by Crippen LogP contribution is -2.01. The quantitative estimate of drug-likeness (QED) is 0.924. The molecule has 19 heavy (non-hydrogen) atoms. The number of ether oxygens (including phenoxy) is 1. The van der Waals surface area contributed by atoms with Gasteiger partial charge in [-0.15, -0.1) is 0 Å². The van der Waals surface area contributed by atoms with Crippen LogP contribution in [-0.4, -0.2) is 11.1 Å². The standard InChI is InChI=1S/C15H13BrO3/c1-10-8-12(6-7-13(10)15(17)18)19-9-11-4-2-3-5-14(11)16/h2-8H,9H2,1H3,(H,17,18). The van der Waals surface area contributed by atoms with Gasteiger partial charge in [-0.3, -0.25) is 0 Å². The molecule has 0 saturated carbocycles. The molecule has 0 bridgehead atoms. The predicted molar refractivity (Wildman–Crippen MR) is 76.6 cm³/mol. The second-order valence-corrected chi connectivity index (χ2v) is 5.02. The molecule has 3 nitrogen and oxygen atoms in total. The molecule has 0 spiro atoms. The van der Waals surface area contributed by atoms with Crippen LogP contribution in [0.3, 0.4) is 0 Å². The summed E-state index contributed by atoms with van der Waals surface area (Å²) in [7, 11) is 0. The van der Waals surface area contributed by atoms with Crippen molar-refractivity contribution in [1.29, 1.82) is 0 Å². The van der Waals surface area contributed by atoms with Gasteiger partial charge < -0.3 is 9.84 Å². The van der Waals surface area contributed by atoms with Crippen LogP contribution in [0.2, 0.25) is 0 Å². The van der Waals surface area contributed by atoms with Crippen molar-refractivity contribution in [3.8, 4) is 5.75 Å². The lowest BCUT2D eigenvalue weighted by Gasteiger charge is -2.09. The summed E-state index contributed by atoms with van der Waals surface area (Å²) in [6.45, 7) is 2.20. The Morgan fingerprint density at radius 3 is 2.63 bits per heavy atom. The lowest BCUT2D eigenvalue weighted by atomic mass is 10.1. The summed E-state index contributed by atoms with van der Waals surface area (Å²) >= 11 is 3.46. The summed E-state index contributed by atoms with van der Waals surface area (Å²) < 4.78 is 6.66. The minimum atomic E-state index is -0.921. The van der Waals surface area contributed by atoms with Crippen molar-refractivity contribution in [2.24, 2.45) is 0 Å². The number of hydrogen-bond donors (Lipinski definition) is 1. The third kappa shape index (κ3) is 3.35. The van der Waals surface area contributed by atoms with Gasteiger partial charge in [-0.05, 0) is 36.8 Å². The van der Waals surface area contributed by atoms with E-state index in [1.807, 2.05) is 24.3 Å². The Labute approximate surface area is 120 Å². The largest absolute Gasteiger partial charge is 0.489 e. The molecule has 0 aromatic heterocycles. The van der Waals surface area contributed by atoms with Crippen molar-refractivity contribution >= 4 is 21.9 Å². The molecule has 4 heteroatoms. The molecule has 2 rings (SSSR count). The van der Waals surface area contributed by atoms with E-state index in [9.17, 15) is 4.79 Å². The molecule has 98 valence electrons. The number of rotatable bonds is 4. The molecule has 0 aliphatic heterocycles. The van der Waals surface area contributed by atoms with Gasteiger partial charge in [0.15, 0.2) is 0 Å². The molecule has 2 aromatic carbocycles. The average Bonchev–Trinajstić information content (AvgIpc) is 2.37. The Kier molecular flexibility index (Phi) is 4.22. The molecular formula is C15H13BrO3. The highest BCUT2D eigenvalue weighted by Gasteiger charge is 2.08. The van der Waals surface area contributed by atoms with Gasteiger partial charge in [0, 0.05) is 10.0 Å². The fourth-order valence-corrected chi connectivity index (χ4v) is 2.14. The first-order valence-electron chi connectivity index (χ1n) is 5.78. The molecule has 0 radical (unpaired) electrons. The summed E-state index contributed by atoms with van der Waals surface area (Å²) in [5, 5.41) is 8.95. The smallest absolute Gasteiger partial charge is 0.335 e. The van der Waals surface area contributed by atoms with E-state index in [0.717, 1.165) is 10.0 Å². The molecule has 0 unspecified atom stereocenters. The van der Waals surface area contributed by atoms with E-state index in [1.54, 1.807) is 25.1 Å². The molecule has 0 aliphatic rings. The molecule has 0 saturated heterocycles. The average molecular weight is 321 g/mol. The summed E-state index contributed by atoms with van der Waals surface area (Å²) in [6.07, 6.45) is 0. The molecule has 0 amide bonds. The topological polar surface area (TPSA) is 46.5 Å². The zero-order valence-electron chi connectivity index (χ0n) is 10.4. The van der Waals surface area contributed by atoms with Gasteiger partial charge in [0.1, 0.15) is 12.4 Å². The van der Waals surface area contributed by atoms with Gasteiger partial charge in [-0.2, -0.15) is 0 Å². The number of aromatic carboxylic acids is 1. The number of hydrogen-bond acceptors (Lipinski definition) is 2. The Balaban J connectivity index is 2.11. The van der Waals surface area contributed by atoms with Crippen LogP contribution in [0.15, 0.2) is 46.9 Å². The monoisotopic (exact) mass is 320 g/mol. The van der Waals surface area contributed by atoms with Crippen LogP contribution >= 0.6 is 15.9 Å². The second kappa shape index (κ2) is 5.89. The van der Waals surface area contributed by atoms with E-state index < -0.39 is 5.97 Å². The molecular weight excluding hydrogens is 308 g/mol. The van der Waals surface area contributed by atoms with Gasteiger partial charge in [0.2, 0.25) is 0 Å². The van der Waals surface area contributed by atoms with Gasteiger partial charge in [0.05, 0.1) is 5.56 Å². The van der Waals surface area contributed by atoms with Crippen molar-refractivity contribution < 1.29 is 14.6 Å². The first-order chi connectivity index (χ1) is 9.08. The minimum absolute atomic E-state index is 0.299. The second-order valence-electron chi connectivity index (χ2n) is 4.16. The highest BCUT2D eigenvalue weighted by molar-refractivity contribution is 9.10. The summed E-state index contributed by atoms with van der Waals surface area (Å²) in [5.74, 6) is -0.256. The normalized spacial score (nSPS) is 10.2. The van der Waals surface area contributed by atoms with Gasteiger partial charge in [0.25, 0.3) is 0 Å². The molecule has 0 atom stereocenters. The van der Waals surface area contributed by atoms with E-state index >= 15 is 0 Å². The van der Waals surface area contributed by atoms with Crippen LogP contribution in [0.5, 0.6) is 5.75 Å². The van der Waals surface area contributed by atoms with Crippen LogP contribution < -0.4 is 4.74 Å². The van der Waals surface area contributed by atoms with E-state index in [-0.39, 0.29) is 0 Å². The van der Waals surface area contributed by atoms with Crippen molar-refractivity contribution in [2.45, 2.75) is 13.5 Å². The highest BCUT2D eigenvalue weighted by atomic mass is 79.9.